The van der Waals surface area contributed by atoms with E-state index in [0.29, 0.717) is 13.0 Å². The second-order valence-electron chi connectivity index (χ2n) is 5.49. The molecule has 0 aromatic carbocycles. The fraction of sp³-hybridized carbons (Fsp3) is 0.846. The molecule has 2 rings (SSSR count). The van der Waals surface area contributed by atoms with Crippen LogP contribution in [-0.4, -0.2) is 18.4 Å². The smallest absolute Gasteiger partial charge is 0.316 e. The monoisotopic (exact) mass is 224 g/mol. The zero-order chi connectivity index (χ0) is 11.8. The lowest BCUT2D eigenvalue weighted by molar-refractivity contribution is -0.157. The zero-order valence-electron chi connectivity index (χ0n) is 10.1. The highest BCUT2D eigenvalue weighted by atomic mass is 16.5. The highest BCUT2D eigenvalue weighted by molar-refractivity contribution is 5.99. The summed E-state index contributed by atoms with van der Waals surface area (Å²) in [4.78, 5) is 23.4. The number of carbonyl (C=O) groups excluding carboxylic acids is 2. The minimum Gasteiger partial charge on any atom is -0.465 e. The summed E-state index contributed by atoms with van der Waals surface area (Å²) in [5.74, 6) is 0.0759. The maximum Gasteiger partial charge on any atom is 0.316 e. The topological polar surface area (TPSA) is 43.4 Å². The Bertz CT molecular complexity index is 302. The van der Waals surface area contributed by atoms with E-state index in [0.717, 1.165) is 18.8 Å². The maximum absolute atomic E-state index is 11.7. The molecule has 1 spiro atoms. The Balaban J connectivity index is 2.01. The van der Waals surface area contributed by atoms with Gasteiger partial charge in [-0.3, -0.25) is 9.59 Å². The van der Waals surface area contributed by atoms with Crippen LogP contribution in [0.4, 0.5) is 0 Å². The molecule has 0 N–H and O–H groups in total. The van der Waals surface area contributed by atoms with Gasteiger partial charge < -0.3 is 4.74 Å². The van der Waals surface area contributed by atoms with Gasteiger partial charge in [0.15, 0.2) is 0 Å². The lowest BCUT2D eigenvalue weighted by atomic mass is 9.54. The van der Waals surface area contributed by atoms with Gasteiger partial charge in [0.2, 0.25) is 0 Å². The van der Waals surface area contributed by atoms with Crippen molar-refractivity contribution in [2.45, 2.75) is 46.0 Å². The van der Waals surface area contributed by atoms with Crippen LogP contribution in [0.2, 0.25) is 0 Å². The Morgan fingerprint density at radius 3 is 2.69 bits per heavy atom. The molecule has 1 atom stereocenters. The number of Topliss-reactive ketones (excluding diaryl/α,β-unsaturated/α-hetero) is 1. The van der Waals surface area contributed by atoms with Crippen molar-refractivity contribution in [2.75, 3.05) is 6.61 Å². The van der Waals surface area contributed by atoms with Gasteiger partial charge in [-0.1, -0.05) is 6.92 Å². The third-order valence-corrected chi connectivity index (χ3v) is 4.06. The molecular weight excluding hydrogens is 204 g/mol. The number of carbonyl (C=O) groups is 2. The van der Waals surface area contributed by atoms with Crippen LogP contribution in [0.25, 0.3) is 0 Å². The molecule has 3 heteroatoms. The van der Waals surface area contributed by atoms with Crippen LogP contribution in [0, 0.1) is 17.3 Å². The van der Waals surface area contributed by atoms with Crippen LogP contribution in [0.5, 0.6) is 0 Å². The largest absolute Gasteiger partial charge is 0.465 e. The molecule has 0 amide bonds. The lowest BCUT2D eigenvalue weighted by Gasteiger charge is -2.50. The summed E-state index contributed by atoms with van der Waals surface area (Å²) < 4.78 is 4.98. The quantitative estimate of drug-likeness (QED) is 0.534. The van der Waals surface area contributed by atoms with Gasteiger partial charge in [-0.15, -0.1) is 0 Å². The molecular formula is C13H20O3. The van der Waals surface area contributed by atoms with E-state index in [9.17, 15) is 9.59 Å². The van der Waals surface area contributed by atoms with Gasteiger partial charge >= 0.3 is 5.97 Å². The Kier molecular flexibility index (Phi) is 3.04. The van der Waals surface area contributed by atoms with Crippen LogP contribution in [0.3, 0.4) is 0 Å². The molecule has 0 aliphatic heterocycles. The average Bonchev–Trinajstić information content (AvgIpc) is 2.19. The van der Waals surface area contributed by atoms with Gasteiger partial charge in [0.05, 0.1) is 6.61 Å². The van der Waals surface area contributed by atoms with E-state index >= 15 is 0 Å². The first kappa shape index (κ1) is 11.6. The predicted molar refractivity (Wildman–Crippen MR) is 59.8 cm³/mol. The van der Waals surface area contributed by atoms with Crippen molar-refractivity contribution in [1.29, 1.82) is 0 Å². The molecule has 90 valence electrons. The van der Waals surface area contributed by atoms with Gasteiger partial charge in [-0.05, 0) is 43.9 Å². The third kappa shape index (κ3) is 2.00. The summed E-state index contributed by atoms with van der Waals surface area (Å²) in [5.41, 5.74) is 0.282. The van der Waals surface area contributed by atoms with Crippen molar-refractivity contribution in [1.82, 2.24) is 0 Å². The van der Waals surface area contributed by atoms with Crippen molar-refractivity contribution in [3.8, 4) is 0 Å². The molecule has 2 aliphatic carbocycles. The van der Waals surface area contributed by atoms with Crippen molar-refractivity contribution < 1.29 is 14.3 Å². The third-order valence-electron chi connectivity index (χ3n) is 4.06. The minimum atomic E-state index is -0.471. The van der Waals surface area contributed by atoms with Crippen molar-refractivity contribution in [3.63, 3.8) is 0 Å². The summed E-state index contributed by atoms with van der Waals surface area (Å²) in [6.07, 6.45) is 4.63. The summed E-state index contributed by atoms with van der Waals surface area (Å²) in [7, 11) is 0. The molecule has 0 aromatic rings. The fourth-order valence-electron chi connectivity index (χ4n) is 3.46. The summed E-state index contributed by atoms with van der Waals surface area (Å²) in [6, 6.07) is 0. The first-order chi connectivity index (χ1) is 7.56. The predicted octanol–water partition coefficient (Wildman–Crippen LogP) is 2.33. The fourth-order valence-corrected chi connectivity index (χ4v) is 3.46. The number of rotatable bonds is 2. The van der Waals surface area contributed by atoms with Crippen LogP contribution >= 0.6 is 0 Å². The van der Waals surface area contributed by atoms with E-state index in [1.54, 1.807) is 6.92 Å². The van der Waals surface area contributed by atoms with Gasteiger partial charge in [0, 0.05) is 6.42 Å². The molecule has 0 heterocycles. The Morgan fingerprint density at radius 1 is 1.44 bits per heavy atom. The number of esters is 1. The molecule has 16 heavy (non-hydrogen) atoms. The van der Waals surface area contributed by atoms with Crippen molar-refractivity contribution in [2.24, 2.45) is 17.3 Å². The first-order valence-electron chi connectivity index (χ1n) is 6.26. The van der Waals surface area contributed by atoms with Crippen molar-refractivity contribution >= 4 is 11.8 Å². The SMILES string of the molecule is CCOC(=O)[C@@H]1CC2(CCC1=O)CC(C)C2. The van der Waals surface area contributed by atoms with Gasteiger partial charge in [-0.25, -0.2) is 0 Å². The van der Waals surface area contributed by atoms with Crippen molar-refractivity contribution in [3.05, 3.63) is 0 Å². The number of hydrogen-bond donors (Lipinski definition) is 0. The summed E-state index contributed by atoms with van der Waals surface area (Å²) >= 11 is 0. The highest BCUT2D eigenvalue weighted by Gasteiger charge is 2.49. The van der Waals surface area contributed by atoms with E-state index < -0.39 is 5.92 Å². The number of ether oxygens (including phenoxy) is 1. The first-order valence-corrected chi connectivity index (χ1v) is 6.26. The minimum absolute atomic E-state index is 0.0867. The van der Waals surface area contributed by atoms with Crippen LogP contribution in [0.1, 0.15) is 46.0 Å². The zero-order valence-corrected chi connectivity index (χ0v) is 10.1. The van der Waals surface area contributed by atoms with E-state index in [1.165, 1.54) is 12.8 Å². The Morgan fingerprint density at radius 2 is 2.12 bits per heavy atom. The standard InChI is InChI=1S/C13H20O3/c1-3-16-12(15)10-8-13(5-4-11(10)14)6-9(2)7-13/h9-10H,3-8H2,1-2H3/t9?,10-,13?/m1/s1. The van der Waals surface area contributed by atoms with E-state index in [2.05, 4.69) is 6.92 Å². The van der Waals surface area contributed by atoms with E-state index in [1.807, 2.05) is 0 Å². The second kappa shape index (κ2) is 4.19. The van der Waals surface area contributed by atoms with Crippen LogP contribution in [0.15, 0.2) is 0 Å². The Hall–Kier alpha value is -0.860. The van der Waals surface area contributed by atoms with Crippen LogP contribution < -0.4 is 0 Å². The van der Waals surface area contributed by atoms with Gasteiger partial charge in [0.1, 0.15) is 11.7 Å². The molecule has 0 unspecified atom stereocenters. The molecule has 2 saturated carbocycles. The molecule has 2 aliphatic rings. The molecule has 0 radical (unpaired) electrons. The molecule has 3 nitrogen and oxygen atoms in total. The van der Waals surface area contributed by atoms with Crippen LogP contribution in [-0.2, 0) is 14.3 Å². The number of ketones is 1. The molecule has 0 saturated heterocycles. The normalized spacial score (nSPS) is 38.2. The lowest BCUT2D eigenvalue weighted by Crippen LogP contribution is -2.45. The number of hydrogen-bond acceptors (Lipinski definition) is 3. The molecule has 0 aromatic heterocycles. The van der Waals surface area contributed by atoms with Gasteiger partial charge in [0.25, 0.3) is 0 Å². The maximum atomic E-state index is 11.7. The Labute approximate surface area is 96.5 Å². The summed E-state index contributed by atoms with van der Waals surface area (Å²) in [5, 5.41) is 0. The molecule has 2 fully saturated rings. The van der Waals surface area contributed by atoms with Gasteiger partial charge in [-0.2, -0.15) is 0 Å². The highest BCUT2D eigenvalue weighted by Crippen LogP contribution is 2.55. The molecule has 0 bridgehead atoms. The average molecular weight is 224 g/mol. The second-order valence-corrected chi connectivity index (χ2v) is 5.49. The van der Waals surface area contributed by atoms with E-state index in [-0.39, 0.29) is 17.2 Å². The van der Waals surface area contributed by atoms with E-state index in [4.69, 9.17) is 4.74 Å². The summed E-state index contributed by atoms with van der Waals surface area (Å²) in [6.45, 7) is 4.39.